The standard InChI is InChI=1S/C15H23N3O/c1-10(16)3-6-13(17)11-4-7-14-12(9-11)5-8-15(19)18(14)2/h4,7,9-10,13H,3,5-6,8,16-17H2,1-2H3. The molecule has 0 radical (unpaired) electrons. The monoisotopic (exact) mass is 261 g/mol. The predicted octanol–water partition coefficient (Wildman–Crippen LogP) is 1.72. The van der Waals surface area contributed by atoms with Crippen LogP contribution < -0.4 is 16.4 Å². The van der Waals surface area contributed by atoms with Gasteiger partial charge in [-0.3, -0.25) is 4.79 Å². The molecular weight excluding hydrogens is 238 g/mol. The third-order valence-electron chi connectivity index (χ3n) is 3.81. The van der Waals surface area contributed by atoms with Crippen molar-refractivity contribution in [1.29, 1.82) is 0 Å². The minimum Gasteiger partial charge on any atom is -0.328 e. The van der Waals surface area contributed by atoms with Gasteiger partial charge in [0.1, 0.15) is 0 Å². The lowest BCUT2D eigenvalue weighted by Crippen LogP contribution is -2.31. The Morgan fingerprint density at radius 1 is 1.26 bits per heavy atom. The van der Waals surface area contributed by atoms with Crippen molar-refractivity contribution in [3.8, 4) is 0 Å². The van der Waals surface area contributed by atoms with Crippen LogP contribution in [0, 0.1) is 0 Å². The molecule has 4 nitrogen and oxygen atoms in total. The van der Waals surface area contributed by atoms with Crippen LogP contribution in [0.2, 0.25) is 0 Å². The summed E-state index contributed by atoms with van der Waals surface area (Å²) in [5.41, 5.74) is 15.3. The van der Waals surface area contributed by atoms with E-state index in [2.05, 4.69) is 6.07 Å². The number of carbonyl (C=O) groups excluding carboxylic acids is 1. The Balaban J connectivity index is 2.15. The lowest BCUT2D eigenvalue weighted by Gasteiger charge is -2.27. The lowest BCUT2D eigenvalue weighted by molar-refractivity contribution is -0.118. The number of carbonyl (C=O) groups is 1. The highest BCUT2D eigenvalue weighted by molar-refractivity contribution is 5.95. The number of nitrogens with zero attached hydrogens (tertiary/aromatic N) is 1. The van der Waals surface area contributed by atoms with Crippen LogP contribution in [0.5, 0.6) is 0 Å². The van der Waals surface area contributed by atoms with Crippen LogP contribution in [0.1, 0.15) is 43.4 Å². The molecule has 1 aliphatic rings. The molecule has 1 aromatic rings. The van der Waals surface area contributed by atoms with Gasteiger partial charge in [0.15, 0.2) is 0 Å². The molecule has 0 spiro atoms. The molecule has 0 bridgehead atoms. The third-order valence-corrected chi connectivity index (χ3v) is 3.81. The van der Waals surface area contributed by atoms with Crippen LogP contribution in [-0.4, -0.2) is 19.0 Å². The minimum absolute atomic E-state index is 0.0271. The van der Waals surface area contributed by atoms with E-state index in [9.17, 15) is 4.79 Å². The number of benzene rings is 1. The van der Waals surface area contributed by atoms with E-state index in [1.807, 2.05) is 26.1 Å². The van der Waals surface area contributed by atoms with E-state index in [1.54, 1.807) is 4.90 Å². The first-order valence-corrected chi connectivity index (χ1v) is 6.89. The van der Waals surface area contributed by atoms with Crippen molar-refractivity contribution in [1.82, 2.24) is 0 Å². The summed E-state index contributed by atoms with van der Waals surface area (Å²) < 4.78 is 0. The number of amides is 1. The predicted molar refractivity (Wildman–Crippen MR) is 78.0 cm³/mol. The third kappa shape index (κ3) is 3.14. The molecule has 1 aromatic carbocycles. The van der Waals surface area contributed by atoms with E-state index in [-0.39, 0.29) is 18.0 Å². The molecule has 4 N–H and O–H groups in total. The van der Waals surface area contributed by atoms with Crippen LogP contribution in [0.15, 0.2) is 18.2 Å². The van der Waals surface area contributed by atoms with Gasteiger partial charge in [0, 0.05) is 31.2 Å². The Hall–Kier alpha value is -1.39. The fourth-order valence-electron chi connectivity index (χ4n) is 2.52. The summed E-state index contributed by atoms with van der Waals surface area (Å²) >= 11 is 0. The molecule has 0 saturated carbocycles. The summed E-state index contributed by atoms with van der Waals surface area (Å²) in [6.07, 6.45) is 3.22. The van der Waals surface area contributed by atoms with Gasteiger partial charge >= 0.3 is 0 Å². The molecule has 0 fully saturated rings. The normalized spacial score (nSPS) is 18.1. The molecule has 2 unspecified atom stereocenters. The Kier molecular flexibility index (Phi) is 4.22. The highest BCUT2D eigenvalue weighted by Crippen LogP contribution is 2.29. The van der Waals surface area contributed by atoms with Crippen LogP contribution >= 0.6 is 0 Å². The fraction of sp³-hybridized carbons (Fsp3) is 0.533. The number of fused-ring (bicyclic) bond motifs is 1. The van der Waals surface area contributed by atoms with Crippen molar-refractivity contribution < 1.29 is 4.79 Å². The second-order valence-electron chi connectivity index (χ2n) is 5.50. The van der Waals surface area contributed by atoms with Gasteiger partial charge in [0.25, 0.3) is 0 Å². The number of nitrogens with two attached hydrogens (primary N) is 2. The van der Waals surface area contributed by atoms with Crippen LogP contribution in [0.25, 0.3) is 0 Å². The molecule has 4 heteroatoms. The highest BCUT2D eigenvalue weighted by atomic mass is 16.2. The first-order valence-electron chi connectivity index (χ1n) is 6.89. The van der Waals surface area contributed by atoms with Crippen LogP contribution in [0.3, 0.4) is 0 Å². The van der Waals surface area contributed by atoms with E-state index in [0.29, 0.717) is 6.42 Å². The largest absolute Gasteiger partial charge is 0.328 e. The number of anilines is 1. The van der Waals surface area contributed by atoms with Crippen molar-refractivity contribution in [2.75, 3.05) is 11.9 Å². The summed E-state index contributed by atoms with van der Waals surface area (Å²) in [6, 6.07) is 6.39. The van der Waals surface area contributed by atoms with Gasteiger partial charge in [-0.15, -0.1) is 0 Å². The van der Waals surface area contributed by atoms with Crippen molar-refractivity contribution in [3.05, 3.63) is 29.3 Å². The van der Waals surface area contributed by atoms with E-state index in [0.717, 1.165) is 30.5 Å². The van der Waals surface area contributed by atoms with Gasteiger partial charge in [0.2, 0.25) is 5.91 Å². The van der Waals surface area contributed by atoms with Crippen molar-refractivity contribution in [2.24, 2.45) is 11.5 Å². The Labute approximate surface area is 114 Å². The van der Waals surface area contributed by atoms with Crippen LogP contribution in [-0.2, 0) is 11.2 Å². The maximum absolute atomic E-state index is 11.6. The van der Waals surface area contributed by atoms with Gasteiger partial charge in [-0.25, -0.2) is 0 Å². The summed E-state index contributed by atoms with van der Waals surface area (Å²) in [6.45, 7) is 2.00. The van der Waals surface area contributed by atoms with Crippen LogP contribution in [0.4, 0.5) is 5.69 Å². The molecule has 2 atom stereocenters. The van der Waals surface area contributed by atoms with Crippen molar-refractivity contribution in [2.45, 2.75) is 44.7 Å². The van der Waals surface area contributed by atoms with E-state index >= 15 is 0 Å². The zero-order valence-electron chi connectivity index (χ0n) is 11.7. The molecule has 2 rings (SSSR count). The second-order valence-corrected chi connectivity index (χ2v) is 5.50. The fourth-order valence-corrected chi connectivity index (χ4v) is 2.52. The summed E-state index contributed by atoms with van der Waals surface area (Å²) in [4.78, 5) is 13.4. The van der Waals surface area contributed by atoms with E-state index < -0.39 is 0 Å². The van der Waals surface area contributed by atoms with Crippen molar-refractivity contribution >= 4 is 11.6 Å². The molecule has 0 saturated heterocycles. The Morgan fingerprint density at radius 2 is 2.00 bits per heavy atom. The Morgan fingerprint density at radius 3 is 2.68 bits per heavy atom. The number of hydrogen-bond donors (Lipinski definition) is 2. The van der Waals surface area contributed by atoms with Crippen molar-refractivity contribution in [3.63, 3.8) is 0 Å². The smallest absolute Gasteiger partial charge is 0.227 e. The number of aryl methyl sites for hydroxylation is 1. The Bertz CT molecular complexity index is 470. The topological polar surface area (TPSA) is 72.3 Å². The summed E-state index contributed by atoms with van der Waals surface area (Å²) in [5, 5.41) is 0. The maximum Gasteiger partial charge on any atom is 0.227 e. The first-order chi connectivity index (χ1) is 8.99. The van der Waals surface area contributed by atoms with E-state index in [4.69, 9.17) is 11.5 Å². The number of rotatable bonds is 4. The van der Waals surface area contributed by atoms with Gasteiger partial charge < -0.3 is 16.4 Å². The quantitative estimate of drug-likeness (QED) is 0.867. The molecule has 1 aliphatic heterocycles. The first kappa shape index (κ1) is 14.0. The van der Waals surface area contributed by atoms with Gasteiger partial charge in [0.05, 0.1) is 0 Å². The molecular formula is C15H23N3O. The SMILES string of the molecule is CC(N)CCC(N)c1ccc2c(c1)CCC(=O)N2C. The molecule has 0 aliphatic carbocycles. The average molecular weight is 261 g/mol. The minimum atomic E-state index is 0.0271. The molecule has 1 amide bonds. The van der Waals surface area contributed by atoms with Gasteiger partial charge in [-0.1, -0.05) is 12.1 Å². The maximum atomic E-state index is 11.6. The van der Waals surface area contributed by atoms with Gasteiger partial charge in [-0.2, -0.15) is 0 Å². The van der Waals surface area contributed by atoms with E-state index in [1.165, 1.54) is 5.56 Å². The van der Waals surface area contributed by atoms with Gasteiger partial charge in [-0.05, 0) is 43.4 Å². The molecule has 19 heavy (non-hydrogen) atoms. The summed E-state index contributed by atoms with van der Waals surface area (Å²) in [7, 11) is 1.83. The lowest BCUT2D eigenvalue weighted by atomic mass is 9.94. The summed E-state index contributed by atoms with van der Waals surface area (Å²) in [5.74, 6) is 0.182. The number of hydrogen-bond acceptors (Lipinski definition) is 3. The highest BCUT2D eigenvalue weighted by Gasteiger charge is 2.21. The molecule has 0 aromatic heterocycles. The molecule has 104 valence electrons. The second kappa shape index (κ2) is 5.72. The zero-order valence-corrected chi connectivity index (χ0v) is 11.7. The molecule has 1 heterocycles. The average Bonchev–Trinajstić information content (AvgIpc) is 2.40. The zero-order chi connectivity index (χ0) is 14.0.